The fourth-order valence-electron chi connectivity index (χ4n) is 2.63. The summed E-state index contributed by atoms with van der Waals surface area (Å²) in [5.41, 5.74) is 2.81. The second-order valence-corrected chi connectivity index (χ2v) is 7.93. The van der Waals surface area contributed by atoms with Crippen LogP contribution in [0.5, 0.6) is 0 Å². The molecular formula is C18H19N3O5S. The van der Waals surface area contributed by atoms with Crippen molar-refractivity contribution in [1.29, 1.82) is 0 Å². The Kier molecular flexibility index (Phi) is 5.15. The lowest BCUT2D eigenvalue weighted by Crippen LogP contribution is -2.28. The highest BCUT2D eigenvalue weighted by atomic mass is 32.2. The minimum atomic E-state index is -3.69. The molecule has 0 saturated carbocycles. The molecule has 0 saturated heterocycles. The molecule has 9 heteroatoms. The molecule has 0 aliphatic rings. The number of oxazole rings is 1. The van der Waals surface area contributed by atoms with Gasteiger partial charge in [0.25, 0.3) is 0 Å². The number of benzene rings is 2. The Morgan fingerprint density at radius 3 is 2.70 bits per heavy atom. The number of nitrogens with one attached hydrogen (secondary N) is 3. The van der Waals surface area contributed by atoms with E-state index in [9.17, 15) is 18.0 Å². The molecule has 1 aromatic heterocycles. The standard InChI is InChI=1S/C18H19N3O5S/c1-11-3-4-12(2)16(9-11)27(24,25)19-8-7-17(22)20-13-5-6-15-14(10-13)21-18(23)26-15/h3-6,9-10,19H,7-8H2,1-2H3,(H,20,22)(H,21,23). The second kappa shape index (κ2) is 7.37. The van der Waals surface area contributed by atoms with E-state index in [0.29, 0.717) is 22.4 Å². The first kappa shape index (κ1) is 18.9. The largest absolute Gasteiger partial charge is 0.417 e. The van der Waals surface area contributed by atoms with E-state index in [1.54, 1.807) is 37.3 Å². The van der Waals surface area contributed by atoms with Gasteiger partial charge in [-0.2, -0.15) is 0 Å². The number of carbonyl (C=O) groups is 1. The third kappa shape index (κ3) is 4.44. The van der Waals surface area contributed by atoms with Gasteiger partial charge in [0.1, 0.15) is 0 Å². The number of carbonyl (C=O) groups excluding carboxylic acids is 1. The van der Waals surface area contributed by atoms with Crippen molar-refractivity contribution in [3.63, 3.8) is 0 Å². The van der Waals surface area contributed by atoms with Gasteiger partial charge in [-0.3, -0.25) is 9.78 Å². The average Bonchev–Trinajstić information content (AvgIpc) is 2.96. The molecule has 0 aliphatic carbocycles. The molecule has 3 aromatic rings. The van der Waals surface area contributed by atoms with E-state index < -0.39 is 15.8 Å². The molecule has 2 aromatic carbocycles. The second-order valence-electron chi connectivity index (χ2n) is 6.19. The minimum absolute atomic E-state index is 0.0354. The van der Waals surface area contributed by atoms with Crippen LogP contribution in [0.25, 0.3) is 11.1 Å². The van der Waals surface area contributed by atoms with Gasteiger partial charge >= 0.3 is 5.76 Å². The Bertz CT molecular complexity index is 1160. The first-order valence-electron chi connectivity index (χ1n) is 8.24. The quantitative estimate of drug-likeness (QED) is 0.596. The molecule has 142 valence electrons. The number of hydrogen-bond donors (Lipinski definition) is 3. The van der Waals surface area contributed by atoms with Crippen molar-refractivity contribution in [2.45, 2.75) is 25.2 Å². The van der Waals surface area contributed by atoms with Crippen LogP contribution >= 0.6 is 0 Å². The number of fused-ring (bicyclic) bond motifs is 1. The zero-order valence-electron chi connectivity index (χ0n) is 14.8. The molecule has 0 fully saturated rings. The highest BCUT2D eigenvalue weighted by Gasteiger charge is 2.17. The predicted octanol–water partition coefficient (Wildman–Crippen LogP) is 2.05. The lowest BCUT2D eigenvalue weighted by atomic mass is 10.2. The number of rotatable bonds is 6. The number of anilines is 1. The maximum absolute atomic E-state index is 12.4. The smallest absolute Gasteiger partial charge is 0.408 e. The number of aromatic nitrogens is 1. The van der Waals surface area contributed by atoms with Crippen LogP contribution in [0.4, 0.5) is 5.69 Å². The number of aryl methyl sites for hydroxylation is 2. The first-order valence-corrected chi connectivity index (χ1v) is 9.72. The van der Waals surface area contributed by atoms with Gasteiger partial charge in [0.15, 0.2) is 5.58 Å². The van der Waals surface area contributed by atoms with Crippen LogP contribution in [-0.4, -0.2) is 25.9 Å². The fraction of sp³-hybridized carbons (Fsp3) is 0.222. The third-order valence-corrected chi connectivity index (χ3v) is 5.58. The Balaban J connectivity index is 1.59. The summed E-state index contributed by atoms with van der Waals surface area (Å²) in [5, 5.41) is 2.65. The van der Waals surface area contributed by atoms with Crippen LogP contribution < -0.4 is 15.8 Å². The molecule has 0 spiro atoms. The van der Waals surface area contributed by atoms with E-state index in [4.69, 9.17) is 4.42 Å². The minimum Gasteiger partial charge on any atom is -0.408 e. The van der Waals surface area contributed by atoms with Gasteiger partial charge in [0.05, 0.1) is 10.4 Å². The van der Waals surface area contributed by atoms with Gasteiger partial charge < -0.3 is 9.73 Å². The van der Waals surface area contributed by atoms with E-state index in [0.717, 1.165) is 5.56 Å². The van der Waals surface area contributed by atoms with Crippen molar-refractivity contribution in [3.05, 3.63) is 58.1 Å². The topological polar surface area (TPSA) is 121 Å². The van der Waals surface area contributed by atoms with Crippen molar-refractivity contribution in [3.8, 4) is 0 Å². The summed E-state index contributed by atoms with van der Waals surface area (Å²) in [6.07, 6.45) is -0.0377. The molecule has 8 nitrogen and oxygen atoms in total. The van der Waals surface area contributed by atoms with Crippen molar-refractivity contribution < 1.29 is 17.6 Å². The van der Waals surface area contributed by atoms with Crippen LogP contribution in [0.2, 0.25) is 0 Å². The Hall–Kier alpha value is -2.91. The van der Waals surface area contributed by atoms with Crippen LogP contribution in [-0.2, 0) is 14.8 Å². The molecule has 0 aliphatic heterocycles. The highest BCUT2D eigenvalue weighted by Crippen LogP contribution is 2.17. The summed E-state index contributed by atoms with van der Waals surface area (Å²) in [6.45, 7) is 3.50. The molecular weight excluding hydrogens is 370 g/mol. The van der Waals surface area contributed by atoms with Crippen LogP contribution in [0.1, 0.15) is 17.5 Å². The molecule has 3 rings (SSSR count). The van der Waals surface area contributed by atoms with Crippen LogP contribution in [0, 0.1) is 13.8 Å². The molecule has 0 atom stereocenters. The molecule has 27 heavy (non-hydrogen) atoms. The normalized spacial score (nSPS) is 11.6. The van der Waals surface area contributed by atoms with Gasteiger partial charge in [-0.1, -0.05) is 12.1 Å². The van der Waals surface area contributed by atoms with Crippen molar-refractivity contribution in [2.75, 3.05) is 11.9 Å². The van der Waals surface area contributed by atoms with E-state index in [1.165, 1.54) is 0 Å². The number of amides is 1. The Labute approximate surface area is 155 Å². The van der Waals surface area contributed by atoms with Gasteiger partial charge in [-0.05, 0) is 49.2 Å². The zero-order chi connectivity index (χ0) is 19.6. The molecule has 0 unspecified atom stereocenters. The summed E-state index contributed by atoms with van der Waals surface area (Å²) < 4.78 is 32.1. The van der Waals surface area contributed by atoms with E-state index >= 15 is 0 Å². The maximum atomic E-state index is 12.4. The number of H-pyrrole nitrogens is 1. The molecule has 0 bridgehead atoms. The van der Waals surface area contributed by atoms with Crippen molar-refractivity contribution in [1.82, 2.24) is 9.71 Å². The number of sulfonamides is 1. The van der Waals surface area contributed by atoms with E-state index in [1.807, 2.05) is 13.0 Å². The number of hydrogen-bond acceptors (Lipinski definition) is 5. The van der Waals surface area contributed by atoms with E-state index in [2.05, 4.69) is 15.0 Å². The maximum Gasteiger partial charge on any atom is 0.417 e. The van der Waals surface area contributed by atoms with Gasteiger partial charge in [0, 0.05) is 18.7 Å². The van der Waals surface area contributed by atoms with Gasteiger partial charge in [-0.15, -0.1) is 0 Å². The Morgan fingerprint density at radius 2 is 1.93 bits per heavy atom. The summed E-state index contributed by atoms with van der Waals surface area (Å²) in [7, 11) is -3.69. The summed E-state index contributed by atoms with van der Waals surface area (Å²) >= 11 is 0. The predicted molar refractivity (Wildman–Crippen MR) is 101 cm³/mol. The molecule has 1 heterocycles. The summed E-state index contributed by atoms with van der Waals surface area (Å²) in [6, 6.07) is 9.90. The van der Waals surface area contributed by atoms with Crippen molar-refractivity contribution in [2.24, 2.45) is 0 Å². The lowest BCUT2D eigenvalue weighted by Gasteiger charge is -2.10. The van der Waals surface area contributed by atoms with Gasteiger partial charge in [0.2, 0.25) is 15.9 Å². The summed E-state index contributed by atoms with van der Waals surface area (Å²) in [4.78, 5) is 25.9. The molecule has 3 N–H and O–H groups in total. The monoisotopic (exact) mass is 389 g/mol. The third-order valence-electron chi connectivity index (χ3n) is 3.98. The van der Waals surface area contributed by atoms with E-state index in [-0.39, 0.29) is 23.8 Å². The van der Waals surface area contributed by atoms with Crippen molar-refractivity contribution >= 4 is 32.7 Å². The van der Waals surface area contributed by atoms with Crippen LogP contribution in [0.15, 0.2) is 50.5 Å². The highest BCUT2D eigenvalue weighted by molar-refractivity contribution is 7.89. The average molecular weight is 389 g/mol. The zero-order valence-corrected chi connectivity index (χ0v) is 15.6. The Morgan fingerprint density at radius 1 is 1.15 bits per heavy atom. The first-order chi connectivity index (χ1) is 12.7. The molecule has 1 amide bonds. The lowest BCUT2D eigenvalue weighted by molar-refractivity contribution is -0.116. The fourth-order valence-corrected chi connectivity index (χ4v) is 3.99. The SMILES string of the molecule is Cc1ccc(C)c(S(=O)(=O)NCCC(=O)Nc2ccc3oc(=O)[nH]c3c2)c1. The van der Waals surface area contributed by atoms with Crippen LogP contribution in [0.3, 0.4) is 0 Å². The number of aromatic amines is 1. The van der Waals surface area contributed by atoms with Gasteiger partial charge in [-0.25, -0.2) is 17.9 Å². The summed E-state index contributed by atoms with van der Waals surface area (Å²) in [5.74, 6) is -0.932. The molecule has 0 radical (unpaired) electrons.